The monoisotopic (exact) mass is 505 g/mol. The summed E-state index contributed by atoms with van der Waals surface area (Å²) < 4.78 is 5.41. The Kier molecular flexibility index (Phi) is 8.20. The van der Waals surface area contributed by atoms with Gasteiger partial charge in [-0.25, -0.2) is 4.79 Å². The SMILES string of the molecule is Cc1ccc([C@@H](NC(=O)[C@@H]2CC[C@@H]3CCCC[C@H](NC(=O)OC(C)(C)C)C(=O)N32)c2ccccc2)cc1. The van der Waals surface area contributed by atoms with Gasteiger partial charge in [-0.3, -0.25) is 9.59 Å². The molecule has 2 aromatic rings. The van der Waals surface area contributed by atoms with Crippen molar-refractivity contribution in [3.63, 3.8) is 0 Å². The van der Waals surface area contributed by atoms with Gasteiger partial charge in [-0.15, -0.1) is 0 Å². The highest BCUT2D eigenvalue weighted by Gasteiger charge is 2.44. The number of benzene rings is 2. The normalized spacial score (nSPS) is 22.9. The molecule has 3 amide bonds. The van der Waals surface area contributed by atoms with E-state index in [0.717, 1.165) is 42.4 Å². The lowest BCUT2D eigenvalue weighted by Crippen LogP contribution is -2.57. The van der Waals surface area contributed by atoms with Crippen molar-refractivity contribution in [2.45, 2.75) is 96.0 Å². The van der Waals surface area contributed by atoms with Crippen LogP contribution in [0.5, 0.6) is 0 Å². The molecule has 4 rings (SSSR count). The molecule has 2 heterocycles. The number of carbonyl (C=O) groups excluding carboxylic acids is 3. The minimum absolute atomic E-state index is 0.000960. The van der Waals surface area contributed by atoms with Gasteiger partial charge >= 0.3 is 6.09 Å². The molecule has 2 aliphatic rings. The Labute approximate surface area is 220 Å². The third kappa shape index (κ3) is 6.70. The number of carbonyl (C=O) groups is 3. The standard InChI is InChI=1S/C30H39N3O4/c1-20-14-16-22(17-15-20)26(21-10-6-5-7-11-21)32-27(34)25-19-18-23-12-8-9-13-24(28(35)33(23)25)31-29(36)37-30(2,3)4/h5-7,10-11,14-17,23-26H,8-9,12-13,18-19H2,1-4H3,(H,31,36)(H,32,34)/t23-,24-,25-,26-/m0/s1. The first kappa shape index (κ1) is 26.7. The first-order valence-corrected chi connectivity index (χ1v) is 13.4. The van der Waals surface area contributed by atoms with Gasteiger partial charge in [0.1, 0.15) is 17.7 Å². The van der Waals surface area contributed by atoms with Crippen LogP contribution in [0.3, 0.4) is 0 Å². The van der Waals surface area contributed by atoms with E-state index in [1.165, 1.54) is 0 Å². The van der Waals surface area contributed by atoms with Gasteiger partial charge in [0.05, 0.1) is 6.04 Å². The molecule has 7 heteroatoms. The number of nitrogens with one attached hydrogen (secondary N) is 2. The van der Waals surface area contributed by atoms with E-state index in [0.29, 0.717) is 12.8 Å². The first-order valence-electron chi connectivity index (χ1n) is 13.4. The zero-order valence-corrected chi connectivity index (χ0v) is 22.3. The molecule has 2 fully saturated rings. The lowest BCUT2D eigenvalue weighted by Gasteiger charge is -2.36. The van der Waals surface area contributed by atoms with Crippen molar-refractivity contribution >= 4 is 17.9 Å². The van der Waals surface area contributed by atoms with Crippen LogP contribution in [-0.4, -0.2) is 46.5 Å². The minimum Gasteiger partial charge on any atom is -0.444 e. The maximum absolute atomic E-state index is 13.8. The maximum atomic E-state index is 13.8. The lowest BCUT2D eigenvalue weighted by molar-refractivity contribution is -0.143. The van der Waals surface area contributed by atoms with E-state index in [9.17, 15) is 14.4 Å². The molecule has 0 aliphatic carbocycles. The molecule has 2 saturated heterocycles. The first-order chi connectivity index (χ1) is 17.6. The van der Waals surface area contributed by atoms with Crippen LogP contribution in [-0.2, 0) is 14.3 Å². The second kappa shape index (κ2) is 11.4. The average molecular weight is 506 g/mol. The average Bonchev–Trinajstić information content (AvgIpc) is 3.26. The number of amides is 3. The predicted octanol–water partition coefficient (Wildman–Crippen LogP) is 5.03. The number of alkyl carbamates (subject to hydrolysis) is 1. The summed E-state index contributed by atoms with van der Waals surface area (Å²) in [4.78, 5) is 41.7. The highest BCUT2D eigenvalue weighted by Crippen LogP contribution is 2.32. The number of aryl methyl sites for hydroxylation is 1. The van der Waals surface area contributed by atoms with Gasteiger partial charge in [0.25, 0.3) is 0 Å². The van der Waals surface area contributed by atoms with E-state index in [-0.39, 0.29) is 23.9 Å². The fourth-order valence-corrected chi connectivity index (χ4v) is 5.37. The molecule has 37 heavy (non-hydrogen) atoms. The number of rotatable bonds is 5. The Bertz CT molecular complexity index is 1090. The number of fused-ring (bicyclic) bond motifs is 1. The van der Waals surface area contributed by atoms with Crippen molar-refractivity contribution in [2.24, 2.45) is 0 Å². The molecule has 0 radical (unpaired) electrons. The van der Waals surface area contributed by atoms with Gasteiger partial charge in [-0.05, 0) is 64.5 Å². The Morgan fingerprint density at radius 1 is 0.919 bits per heavy atom. The van der Waals surface area contributed by atoms with E-state index in [1.807, 2.05) is 61.5 Å². The molecule has 7 nitrogen and oxygen atoms in total. The highest BCUT2D eigenvalue weighted by atomic mass is 16.6. The van der Waals surface area contributed by atoms with Crippen LogP contribution in [0, 0.1) is 6.92 Å². The fourth-order valence-electron chi connectivity index (χ4n) is 5.37. The van der Waals surface area contributed by atoms with Crippen LogP contribution in [0.1, 0.15) is 82.0 Å². The smallest absolute Gasteiger partial charge is 0.408 e. The summed E-state index contributed by atoms with van der Waals surface area (Å²) in [5.74, 6) is -0.360. The Morgan fingerprint density at radius 2 is 1.57 bits per heavy atom. The molecule has 0 bridgehead atoms. The predicted molar refractivity (Wildman–Crippen MR) is 143 cm³/mol. The quantitative estimate of drug-likeness (QED) is 0.597. The molecule has 198 valence electrons. The van der Waals surface area contributed by atoms with E-state index in [2.05, 4.69) is 10.6 Å². The fraction of sp³-hybridized carbons (Fsp3) is 0.500. The van der Waals surface area contributed by atoms with Crippen molar-refractivity contribution in [1.29, 1.82) is 0 Å². The van der Waals surface area contributed by atoms with Gasteiger partial charge in [-0.2, -0.15) is 0 Å². The molecule has 2 N–H and O–H groups in total. The minimum atomic E-state index is -0.701. The summed E-state index contributed by atoms with van der Waals surface area (Å²) in [7, 11) is 0. The molecular weight excluding hydrogens is 466 g/mol. The van der Waals surface area contributed by atoms with Crippen molar-refractivity contribution in [3.05, 3.63) is 71.3 Å². The number of nitrogens with zero attached hydrogens (tertiary/aromatic N) is 1. The number of hydrogen-bond donors (Lipinski definition) is 2. The Balaban J connectivity index is 1.55. The van der Waals surface area contributed by atoms with Crippen LogP contribution in [0.15, 0.2) is 54.6 Å². The molecule has 2 aromatic carbocycles. The maximum Gasteiger partial charge on any atom is 0.408 e. The van der Waals surface area contributed by atoms with Crippen LogP contribution in [0.25, 0.3) is 0 Å². The van der Waals surface area contributed by atoms with E-state index in [1.54, 1.807) is 25.7 Å². The highest BCUT2D eigenvalue weighted by molar-refractivity contribution is 5.92. The van der Waals surface area contributed by atoms with Gasteiger partial charge in [-0.1, -0.05) is 73.0 Å². The van der Waals surface area contributed by atoms with Crippen LogP contribution in [0.4, 0.5) is 4.79 Å². The van der Waals surface area contributed by atoms with Crippen LogP contribution >= 0.6 is 0 Å². The third-order valence-corrected chi connectivity index (χ3v) is 7.16. The molecule has 0 unspecified atom stereocenters. The molecule has 0 saturated carbocycles. The summed E-state index contributed by atoms with van der Waals surface area (Å²) in [5, 5.41) is 6.02. The van der Waals surface area contributed by atoms with E-state index >= 15 is 0 Å². The summed E-state index contributed by atoms with van der Waals surface area (Å²) in [6, 6.07) is 16.4. The van der Waals surface area contributed by atoms with Gasteiger partial charge in [0.2, 0.25) is 11.8 Å². The van der Waals surface area contributed by atoms with Gasteiger partial charge in [0.15, 0.2) is 0 Å². The van der Waals surface area contributed by atoms with Gasteiger partial charge in [0, 0.05) is 6.04 Å². The van der Waals surface area contributed by atoms with Crippen LogP contribution < -0.4 is 10.6 Å². The number of hydrogen-bond acceptors (Lipinski definition) is 4. The van der Waals surface area contributed by atoms with E-state index < -0.39 is 23.8 Å². The van der Waals surface area contributed by atoms with E-state index in [4.69, 9.17) is 4.74 Å². The number of ether oxygens (including phenoxy) is 1. The summed E-state index contributed by atoms with van der Waals surface area (Å²) in [6.45, 7) is 7.41. The Morgan fingerprint density at radius 3 is 2.24 bits per heavy atom. The lowest BCUT2D eigenvalue weighted by atomic mass is 9.97. The summed E-state index contributed by atoms with van der Waals surface area (Å²) >= 11 is 0. The zero-order chi connectivity index (χ0) is 26.6. The molecule has 4 atom stereocenters. The van der Waals surface area contributed by atoms with Crippen molar-refractivity contribution in [1.82, 2.24) is 15.5 Å². The largest absolute Gasteiger partial charge is 0.444 e. The topological polar surface area (TPSA) is 87.7 Å². The van der Waals surface area contributed by atoms with Crippen molar-refractivity contribution in [3.8, 4) is 0 Å². The summed E-state index contributed by atoms with van der Waals surface area (Å²) in [6.07, 6.45) is 3.98. The Hall–Kier alpha value is -3.35. The van der Waals surface area contributed by atoms with Crippen molar-refractivity contribution in [2.75, 3.05) is 0 Å². The molecule has 0 aromatic heterocycles. The van der Waals surface area contributed by atoms with Crippen LogP contribution in [0.2, 0.25) is 0 Å². The zero-order valence-electron chi connectivity index (χ0n) is 22.3. The van der Waals surface area contributed by atoms with Crippen molar-refractivity contribution < 1.29 is 19.1 Å². The third-order valence-electron chi connectivity index (χ3n) is 7.16. The molecule has 2 aliphatic heterocycles. The summed E-state index contributed by atoms with van der Waals surface area (Å²) in [5.41, 5.74) is 2.46. The second-order valence-corrected chi connectivity index (χ2v) is 11.2. The molecule has 0 spiro atoms. The van der Waals surface area contributed by atoms with Gasteiger partial charge < -0.3 is 20.3 Å². The second-order valence-electron chi connectivity index (χ2n) is 11.2. The molecular formula is C30H39N3O4.